The van der Waals surface area contributed by atoms with Crippen molar-refractivity contribution in [3.63, 3.8) is 0 Å². The molecule has 3 aromatic carbocycles. The van der Waals surface area contributed by atoms with Crippen LogP contribution in [-0.2, 0) is 6.61 Å². The van der Waals surface area contributed by atoms with E-state index in [-0.39, 0.29) is 5.91 Å². The van der Waals surface area contributed by atoms with Crippen molar-refractivity contribution in [2.45, 2.75) is 6.61 Å². The van der Waals surface area contributed by atoms with E-state index in [4.69, 9.17) is 4.74 Å². The number of ether oxygens (including phenoxy) is 1. The van der Waals surface area contributed by atoms with E-state index in [9.17, 15) is 4.79 Å². The molecule has 0 aliphatic carbocycles. The van der Waals surface area contributed by atoms with Crippen LogP contribution in [0, 0.1) is 3.57 Å². The Labute approximate surface area is 179 Å². The van der Waals surface area contributed by atoms with Gasteiger partial charge in [-0.05, 0) is 70.6 Å². The van der Waals surface area contributed by atoms with Gasteiger partial charge in [0.1, 0.15) is 12.4 Å². The molecule has 27 heavy (non-hydrogen) atoms. The summed E-state index contributed by atoms with van der Waals surface area (Å²) in [5.74, 6) is 0.446. The first-order valence-corrected chi connectivity index (χ1v) is 10.0. The van der Waals surface area contributed by atoms with Crippen molar-refractivity contribution in [2.24, 2.45) is 5.10 Å². The summed E-state index contributed by atoms with van der Waals surface area (Å²) in [6, 6.07) is 22.8. The molecule has 0 aromatic heterocycles. The molecule has 0 aliphatic heterocycles. The lowest BCUT2D eigenvalue weighted by Crippen LogP contribution is -2.17. The van der Waals surface area contributed by atoms with E-state index in [1.165, 1.54) is 0 Å². The molecular weight excluding hydrogens is 519 g/mol. The van der Waals surface area contributed by atoms with Crippen molar-refractivity contribution in [1.82, 2.24) is 5.43 Å². The Balaban J connectivity index is 1.65. The van der Waals surface area contributed by atoms with Gasteiger partial charge in [0, 0.05) is 19.2 Å². The lowest BCUT2D eigenvalue weighted by atomic mass is 10.2. The van der Waals surface area contributed by atoms with E-state index >= 15 is 0 Å². The SMILES string of the molecule is O=C(N/N=C\c1ccccc1OCc1cccc(Br)c1)c1cccc(I)c1. The van der Waals surface area contributed by atoms with Crippen LogP contribution in [0.1, 0.15) is 21.5 Å². The number of hydrogen-bond donors (Lipinski definition) is 1. The lowest BCUT2D eigenvalue weighted by molar-refractivity contribution is 0.0955. The Kier molecular flexibility index (Phi) is 7.00. The van der Waals surface area contributed by atoms with Gasteiger partial charge in [0.2, 0.25) is 0 Å². The van der Waals surface area contributed by atoms with Crippen LogP contribution in [0.15, 0.2) is 82.4 Å². The zero-order valence-electron chi connectivity index (χ0n) is 14.2. The smallest absolute Gasteiger partial charge is 0.271 e. The lowest BCUT2D eigenvalue weighted by Gasteiger charge is -2.09. The van der Waals surface area contributed by atoms with Gasteiger partial charge in [0.15, 0.2) is 0 Å². The number of carbonyl (C=O) groups is 1. The molecule has 0 aliphatic rings. The summed E-state index contributed by atoms with van der Waals surface area (Å²) in [6.45, 7) is 0.444. The maximum absolute atomic E-state index is 12.2. The molecule has 6 heteroatoms. The van der Waals surface area contributed by atoms with Crippen LogP contribution >= 0.6 is 38.5 Å². The number of rotatable bonds is 6. The van der Waals surface area contributed by atoms with E-state index in [2.05, 4.69) is 49.0 Å². The molecule has 136 valence electrons. The monoisotopic (exact) mass is 534 g/mol. The fraction of sp³-hybridized carbons (Fsp3) is 0.0476. The molecule has 0 spiro atoms. The Bertz CT molecular complexity index is 976. The van der Waals surface area contributed by atoms with Gasteiger partial charge >= 0.3 is 0 Å². The molecule has 0 fully saturated rings. The zero-order chi connectivity index (χ0) is 19.1. The highest BCUT2D eigenvalue weighted by Crippen LogP contribution is 2.19. The number of hydrogen-bond acceptors (Lipinski definition) is 3. The molecule has 1 amide bonds. The van der Waals surface area contributed by atoms with Crippen molar-refractivity contribution < 1.29 is 9.53 Å². The van der Waals surface area contributed by atoms with Gasteiger partial charge in [0.25, 0.3) is 5.91 Å². The number of amides is 1. The Morgan fingerprint density at radius 1 is 1.07 bits per heavy atom. The minimum absolute atomic E-state index is 0.252. The molecule has 4 nitrogen and oxygen atoms in total. The number of hydrazone groups is 1. The van der Waals surface area contributed by atoms with Gasteiger partial charge < -0.3 is 4.74 Å². The standard InChI is InChI=1S/C21H16BrIN2O2/c22-18-8-3-5-15(11-18)14-27-20-10-2-1-6-17(20)13-24-25-21(26)16-7-4-9-19(23)12-16/h1-13H,14H2,(H,25,26)/b24-13-. The summed E-state index contributed by atoms with van der Waals surface area (Å²) < 4.78 is 7.92. The van der Waals surface area contributed by atoms with Crippen molar-refractivity contribution in [3.8, 4) is 5.75 Å². The van der Waals surface area contributed by atoms with E-state index in [1.807, 2.05) is 60.7 Å². The van der Waals surface area contributed by atoms with Gasteiger partial charge in [-0.3, -0.25) is 4.79 Å². The first kappa shape index (κ1) is 19.6. The minimum atomic E-state index is -0.252. The summed E-state index contributed by atoms with van der Waals surface area (Å²) >= 11 is 5.62. The quantitative estimate of drug-likeness (QED) is 0.261. The highest BCUT2D eigenvalue weighted by molar-refractivity contribution is 14.1. The second kappa shape index (κ2) is 9.66. The normalized spacial score (nSPS) is 10.7. The van der Waals surface area contributed by atoms with Crippen LogP contribution in [0.5, 0.6) is 5.75 Å². The van der Waals surface area contributed by atoms with Crippen molar-refractivity contribution in [3.05, 3.63) is 97.5 Å². The summed E-state index contributed by atoms with van der Waals surface area (Å²) in [5, 5.41) is 4.06. The Morgan fingerprint density at radius 3 is 2.70 bits per heavy atom. The van der Waals surface area contributed by atoms with Crippen LogP contribution in [-0.4, -0.2) is 12.1 Å². The van der Waals surface area contributed by atoms with Gasteiger partial charge in [-0.15, -0.1) is 0 Å². The number of nitrogens with zero attached hydrogens (tertiary/aromatic N) is 1. The molecule has 0 radical (unpaired) electrons. The fourth-order valence-electron chi connectivity index (χ4n) is 2.36. The molecule has 0 atom stereocenters. The van der Waals surface area contributed by atoms with Gasteiger partial charge in [0.05, 0.1) is 6.21 Å². The third kappa shape index (κ3) is 5.90. The molecule has 1 N–H and O–H groups in total. The first-order valence-electron chi connectivity index (χ1n) is 8.17. The molecule has 0 saturated carbocycles. The van der Waals surface area contributed by atoms with E-state index < -0.39 is 0 Å². The maximum atomic E-state index is 12.2. The molecule has 0 saturated heterocycles. The van der Waals surface area contributed by atoms with Crippen molar-refractivity contribution >= 4 is 50.6 Å². The Morgan fingerprint density at radius 2 is 1.89 bits per heavy atom. The predicted octanol–water partition coefficient (Wildman–Crippen LogP) is 5.40. The van der Waals surface area contributed by atoms with E-state index in [0.29, 0.717) is 17.9 Å². The molecular formula is C21H16BrIN2O2. The predicted molar refractivity (Wildman–Crippen MR) is 119 cm³/mol. The summed E-state index contributed by atoms with van der Waals surface area (Å²) in [5.41, 5.74) is 4.96. The number of halogens is 2. The average Bonchev–Trinajstić information content (AvgIpc) is 2.67. The van der Waals surface area contributed by atoms with Crippen molar-refractivity contribution in [1.29, 1.82) is 0 Å². The van der Waals surface area contributed by atoms with Gasteiger partial charge in [-0.25, -0.2) is 5.43 Å². The number of benzene rings is 3. The largest absolute Gasteiger partial charge is 0.488 e. The van der Waals surface area contributed by atoms with Crippen LogP contribution in [0.2, 0.25) is 0 Å². The van der Waals surface area contributed by atoms with Gasteiger partial charge in [-0.1, -0.05) is 46.3 Å². The third-order valence-electron chi connectivity index (χ3n) is 3.66. The topological polar surface area (TPSA) is 50.7 Å². The molecule has 3 aromatic rings. The number of para-hydroxylation sites is 1. The second-order valence-corrected chi connectivity index (χ2v) is 7.83. The molecule has 3 rings (SSSR count). The average molecular weight is 535 g/mol. The first-order chi connectivity index (χ1) is 13.1. The number of carbonyl (C=O) groups excluding carboxylic acids is 1. The summed E-state index contributed by atoms with van der Waals surface area (Å²) in [6.07, 6.45) is 1.59. The maximum Gasteiger partial charge on any atom is 0.271 e. The van der Waals surface area contributed by atoms with Crippen LogP contribution in [0.25, 0.3) is 0 Å². The van der Waals surface area contributed by atoms with Gasteiger partial charge in [-0.2, -0.15) is 5.10 Å². The Hall–Kier alpha value is -2.19. The highest BCUT2D eigenvalue weighted by Gasteiger charge is 2.05. The second-order valence-electron chi connectivity index (χ2n) is 5.67. The van der Waals surface area contributed by atoms with E-state index in [0.717, 1.165) is 19.2 Å². The van der Waals surface area contributed by atoms with Crippen molar-refractivity contribution in [2.75, 3.05) is 0 Å². The summed E-state index contributed by atoms with van der Waals surface area (Å²) in [7, 11) is 0. The zero-order valence-corrected chi connectivity index (χ0v) is 18.0. The fourth-order valence-corrected chi connectivity index (χ4v) is 3.35. The third-order valence-corrected chi connectivity index (χ3v) is 4.82. The molecule has 0 heterocycles. The summed E-state index contributed by atoms with van der Waals surface area (Å²) in [4.78, 5) is 12.2. The minimum Gasteiger partial charge on any atom is -0.488 e. The highest BCUT2D eigenvalue weighted by atomic mass is 127. The van der Waals surface area contributed by atoms with E-state index in [1.54, 1.807) is 18.3 Å². The van der Waals surface area contributed by atoms with Crippen LogP contribution in [0.3, 0.4) is 0 Å². The number of nitrogens with one attached hydrogen (secondary N) is 1. The van der Waals surface area contributed by atoms with Crippen LogP contribution in [0.4, 0.5) is 0 Å². The molecule has 0 unspecified atom stereocenters. The van der Waals surface area contributed by atoms with Crippen LogP contribution < -0.4 is 10.2 Å². The molecule has 0 bridgehead atoms.